The van der Waals surface area contributed by atoms with Gasteiger partial charge in [0.05, 0.1) is 0 Å². The molecule has 1 rings (SSSR count). The third-order valence-corrected chi connectivity index (χ3v) is 3.15. The van der Waals surface area contributed by atoms with Crippen LogP contribution in [0, 0.1) is 0 Å². The Morgan fingerprint density at radius 3 is 2.23 bits per heavy atom. The van der Waals surface area contributed by atoms with Crippen LogP contribution >= 0.6 is 43.6 Å². The molecule has 0 fully saturated rings. The number of carbonyl (C=O) groups is 1. The molecule has 0 atom stereocenters. The molecule has 0 saturated heterocycles. The van der Waals surface area contributed by atoms with E-state index in [2.05, 4.69) is 31.9 Å². The highest BCUT2D eigenvalue weighted by Crippen LogP contribution is 2.19. The summed E-state index contributed by atoms with van der Waals surface area (Å²) in [6.45, 7) is 0. The summed E-state index contributed by atoms with van der Waals surface area (Å²) in [5.41, 5.74) is 0.719. The van der Waals surface area contributed by atoms with E-state index in [0.29, 0.717) is 0 Å². The molecule has 1 nitrogen and oxygen atoms in total. The fourth-order valence-electron chi connectivity index (χ4n) is 0.881. The molecule has 4 heteroatoms. The monoisotopic (exact) mass is 322 g/mol. The highest BCUT2D eigenvalue weighted by Gasteiger charge is 2.12. The first-order valence-corrected chi connectivity index (χ1v) is 6.67. The summed E-state index contributed by atoms with van der Waals surface area (Å²) >= 11 is 8.01. The lowest BCUT2D eigenvalue weighted by Gasteiger charge is -2.02. The Labute approximate surface area is 98.5 Å². The van der Waals surface area contributed by atoms with Gasteiger partial charge in [-0.2, -0.15) is 0 Å². The standard InChI is InChI=1S/C9H8Br2OS/c1-13-7-4-2-6(3-5-7)8(12)9(10)11/h2-5,9H,1H3. The second-order valence-corrected chi connectivity index (χ2v) is 6.33. The van der Waals surface area contributed by atoms with Crippen molar-refractivity contribution in [3.63, 3.8) is 0 Å². The smallest absolute Gasteiger partial charge is 0.187 e. The number of Topliss-reactive ketones (excluding diaryl/α,β-unsaturated/α-hetero) is 1. The van der Waals surface area contributed by atoms with Gasteiger partial charge in [-0.15, -0.1) is 11.8 Å². The van der Waals surface area contributed by atoms with E-state index in [9.17, 15) is 4.79 Å². The van der Waals surface area contributed by atoms with E-state index in [4.69, 9.17) is 0 Å². The normalized spacial score (nSPS) is 10.5. The van der Waals surface area contributed by atoms with E-state index < -0.39 is 0 Å². The van der Waals surface area contributed by atoms with Crippen LogP contribution in [0.5, 0.6) is 0 Å². The Balaban J connectivity index is 2.86. The first-order chi connectivity index (χ1) is 6.15. The lowest BCUT2D eigenvalue weighted by molar-refractivity contribution is 0.101. The van der Waals surface area contributed by atoms with Crippen molar-refractivity contribution >= 4 is 49.4 Å². The van der Waals surface area contributed by atoms with Gasteiger partial charge in [-0.3, -0.25) is 4.79 Å². The molecule has 0 aliphatic carbocycles. The summed E-state index contributed by atoms with van der Waals surface area (Å²) in [5.74, 6) is 0.0488. The van der Waals surface area contributed by atoms with Gasteiger partial charge in [0, 0.05) is 10.5 Å². The maximum absolute atomic E-state index is 11.4. The third-order valence-electron chi connectivity index (χ3n) is 1.57. The number of benzene rings is 1. The molecule has 0 spiro atoms. The number of alkyl halides is 2. The van der Waals surface area contributed by atoms with E-state index in [0.717, 1.165) is 10.5 Å². The van der Waals surface area contributed by atoms with Gasteiger partial charge in [-0.1, -0.05) is 44.0 Å². The van der Waals surface area contributed by atoms with Gasteiger partial charge in [0.15, 0.2) is 5.78 Å². The largest absolute Gasteiger partial charge is 0.292 e. The molecule has 1 aromatic carbocycles. The van der Waals surface area contributed by atoms with Crippen LogP contribution in [0.4, 0.5) is 0 Å². The van der Waals surface area contributed by atoms with E-state index in [1.807, 2.05) is 30.5 Å². The van der Waals surface area contributed by atoms with Crippen molar-refractivity contribution in [2.75, 3.05) is 6.26 Å². The molecule has 0 bridgehead atoms. The van der Waals surface area contributed by atoms with Crippen LogP contribution in [0.2, 0.25) is 0 Å². The molecule has 0 aromatic heterocycles. The molecular formula is C9H8Br2OS. The fourth-order valence-corrected chi connectivity index (χ4v) is 1.82. The van der Waals surface area contributed by atoms with Gasteiger partial charge < -0.3 is 0 Å². The van der Waals surface area contributed by atoms with E-state index in [1.165, 1.54) is 0 Å². The number of rotatable bonds is 3. The van der Waals surface area contributed by atoms with Crippen molar-refractivity contribution in [3.8, 4) is 0 Å². The van der Waals surface area contributed by atoms with Crippen LogP contribution in [-0.2, 0) is 0 Å². The van der Waals surface area contributed by atoms with Crippen molar-refractivity contribution < 1.29 is 4.79 Å². The van der Waals surface area contributed by atoms with Gasteiger partial charge in [0.2, 0.25) is 0 Å². The maximum Gasteiger partial charge on any atom is 0.187 e. The highest BCUT2D eigenvalue weighted by atomic mass is 79.9. The summed E-state index contributed by atoms with van der Waals surface area (Å²) in [6.07, 6.45) is 2.01. The molecule has 0 radical (unpaired) electrons. The van der Waals surface area contributed by atoms with Crippen LogP contribution < -0.4 is 0 Å². The van der Waals surface area contributed by atoms with E-state index >= 15 is 0 Å². The molecule has 1 aromatic rings. The molecule has 0 aliphatic heterocycles. The molecule has 0 unspecified atom stereocenters. The lowest BCUT2D eigenvalue weighted by Crippen LogP contribution is -2.06. The highest BCUT2D eigenvalue weighted by molar-refractivity contribution is 9.25. The molecule has 0 heterocycles. The first-order valence-electron chi connectivity index (χ1n) is 3.61. The number of carbonyl (C=O) groups excluding carboxylic acids is 1. The number of halogens is 2. The predicted octanol–water partition coefficient (Wildman–Crippen LogP) is 3.71. The maximum atomic E-state index is 11.4. The van der Waals surface area contributed by atoms with Crippen LogP contribution in [0.1, 0.15) is 10.4 Å². The summed E-state index contributed by atoms with van der Waals surface area (Å²) < 4.78 is -0.292. The minimum absolute atomic E-state index is 0.0488. The first kappa shape index (κ1) is 11.3. The topological polar surface area (TPSA) is 17.1 Å². The van der Waals surface area contributed by atoms with Crippen molar-refractivity contribution in [2.45, 2.75) is 8.63 Å². The number of hydrogen-bond donors (Lipinski definition) is 0. The quantitative estimate of drug-likeness (QED) is 0.479. The summed E-state index contributed by atoms with van der Waals surface area (Å²) in [7, 11) is 0. The van der Waals surface area contributed by atoms with Gasteiger partial charge >= 0.3 is 0 Å². The Kier molecular flexibility index (Phi) is 4.49. The Hall–Kier alpha value is 0.200. The number of thioether (sulfide) groups is 1. The number of ketones is 1. The average molecular weight is 324 g/mol. The van der Waals surface area contributed by atoms with Crippen LogP contribution in [-0.4, -0.2) is 15.8 Å². The zero-order chi connectivity index (χ0) is 9.84. The Morgan fingerprint density at radius 1 is 1.31 bits per heavy atom. The molecule has 0 amide bonds. The Bertz CT molecular complexity index is 295. The van der Waals surface area contributed by atoms with Gasteiger partial charge in [0.25, 0.3) is 0 Å². The van der Waals surface area contributed by atoms with Crippen LogP contribution in [0.3, 0.4) is 0 Å². The van der Waals surface area contributed by atoms with Crippen molar-refractivity contribution in [3.05, 3.63) is 29.8 Å². The van der Waals surface area contributed by atoms with Gasteiger partial charge in [-0.05, 0) is 18.4 Å². The summed E-state index contributed by atoms with van der Waals surface area (Å²) in [6, 6.07) is 7.56. The molecular weight excluding hydrogens is 316 g/mol. The SMILES string of the molecule is CSc1ccc(C(=O)C(Br)Br)cc1. The molecule has 13 heavy (non-hydrogen) atoms. The van der Waals surface area contributed by atoms with Gasteiger partial charge in [-0.25, -0.2) is 0 Å². The van der Waals surface area contributed by atoms with Crippen molar-refractivity contribution in [2.24, 2.45) is 0 Å². The molecule has 0 N–H and O–H groups in total. The van der Waals surface area contributed by atoms with E-state index in [-0.39, 0.29) is 9.52 Å². The van der Waals surface area contributed by atoms with Crippen molar-refractivity contribution in [1.29, 1.82) is 0 Å². The minimum atomic E-state index is -0.292. The van der Waals surface area contributed by atoms with E-state index in [1.54, 1.807) is 11.8 Å². The predicted molar refractivity (Wildman–Crippen MR) is 64.2 cm³/mol. The molecule has 0 aliphatic rings. The fraction of sp³-hybridized carbons (Fsp3) is 0.222. The third kappa shape index (κ3) is 3.11. The lowest BCUT2D eigenvalue weighted by atomic mass is 10.2. The summed E-state index contributed by atoms with van der Waals surface area (Å²) in [5, 5.41) is 0. The Morgan fingerprint density at radius 2 is 1.85 bits per heavy atom. The summed E-state index contributed by atoms with van der Waals surface area (Å²) in [4.78, 5) is 12.6. The second kappa shape index (κ2) is 5.17. The van der Waals surface area contributed by atoms with Gasteiger partial charge in [0.1, 0.15) is 3.74 Å². The minimum Gasteiger partial charge on any atom is -0.292 e. The molecule has 0 saturated carbocycles. The van der Waals surface area contributed by atoms with Crippen LogP contribution in [0.25, 0.3) is 0 Å². The number of hydrogen-bond acceptors (Lipinski definition) is 2. The zero-order valence-corrected chi connectivity index (χ0v) is 10.9. The average Bonchev–Trinajstić information content (AvgIpc) is 2.17. The second-order valence-electron chi connectivity index (χ2n) is 2.39. The van der Waals surface area contributed by atoms with Crippen molar-refractivity contribution in [1.82, 2.24) is 0 Å². The van der Waals surface area contributed by atoms with Crippen LogP contribution in [0.15, 0.2) is 29.2 Å². The molecule has 70 valence electrons. The zero-order valence-electron chi connectivity index (χ0n) is 6.96.